The lowest BCUT2D eigenvalue weighted by atomic mass is 10.1. The van der Waals surface area contributed by atoms with Crippen molar-refractivity contribution in [3.63, 3.8) is 0 Å². The fourth-order valence-electron chi connectivity index (χ4n) is 2.56. The van der Waals surface area contributed by atoms with Crippen molar-refractivity contribution in [3.8, 4) is 5.75 Å². The molecule has 3 aromatic rings. The number of carbonyl (C=O) groups is 2. The molecule has 2 aromatic carbocycles. The molecule has 0 atom stereocenters. The number of nitrogens with one attached hydrogen (secondary N) is 3. The van der Waals surface area contributed by atoms with Gasteiger partial charge >= 0.3 is 0 Å². The summed E-state index contributed by atoms with van der Waals surface area (Å²) in [5.41, 5.74) is 0.572. The molecular weight excluding hydrogens is 336 g/mol. The highest BCUT2D eigenvalue weighted by Gasteiger charge is 2.16. The monoisotopic (exact) mass is 352 g/mol. The number of nitrogens with zero attached hydrogens (tertiary/aromatic N) is 1. The van der Waals surface area contributed by atoms with Gasteiger partial charge in [-0.05, 0) is 24.3 Å². The van der Waals surface area contributed by atoms with E-state index < -0.39 is 5.91 Å². The van der Waals surface area contributed by atoms with Crippen molar-refractivity contribution in [3.05, 3.63) is 58.5 Å². The molecule has 2 amide bonds. The van der Waals surface area contributed by atoms with Crippen LogP contribution in [-0.2, 0) is 4.79 Å². The molecule has 0 spiro atoms. The van der Waals surface area contributed by atoms with Crippen molar-refractivity contribution >= 4 is 34.0 Å². The van der Waals surface area contributed by atoms with Crippen LogP contribution in [0.1, 0.15) is 17.4 Å². The first-order valence-corrected chi connectivity index (χ1v) is 7.74. The van der Waals surface area contributed by atoms with Gasteiger partial charge in [0.2, 0.25) is 5.91 Å². The molecule has 0 saturated carbocycles. The highest BCUT2D eigenvalue weighted by atomic mass is 16.5. The lowest BCUT2D eigenvalue weighted by Gasteiger charge is -2.12. The molecule has 0 aliphatic carbocycles. The second kappa shape index (κ2) is 7.06. The molecular formula is C18H16N4O4. The van der Waals surface area contributed by atoms with Crippen LogP contribution in [0, 0.1) is 0 Å². The van der Waals surface area contributed by atoms with E-state index >= 15 is 0 Å². The number of amides is 2. The van der Waals surface area contributed by atoms with Crippen LogP contribution in [-0.4, -0.2) is 29.1 Å². The Hall–Kier alpha value is -3.68. The van der Waals surface area contributed by atoms with E-state index in [1.54, 1.807) is 42.5 Å². The lowest BCUT2D eigenvalue weighted by Crippen LogP contribution is -2.19. The van der Waals surface area contributed by atoms with Crippen molar-refractivity contribution in [2.24, 2.45) is 0 Å². The molecule has 0 aliphatic rings. The third-order valence-electron chi connectivity index (χ3n) is 3.68. The van der Waals surface area contributed by atoms with Crippen LogP contribution < -0.4 is 20.9 Å². The number of benzene rings is 2. The van der Waals surface area contributed by atoms with Gasteiger partial charge in [-0.1, -0.05) is 18.2 Å². The second-order valence-corrected chi connectivity index (χ2v) is 5.50. The average molecular weight is 352 g/mol. The van der Waals surface area contributed by atoms with Gasteiger partial charge in [0.25, 0.3) is 11.5 Å². The number of fused-ring (bicyclic) bond motifs is 1. The highest BCUT2D eigenvalue weighted by Crippen LogP contribution is 2.28. The van der Waals surface area contributed by atoms with Gasteiger partial charge in [0.05, 0.1) is 18.2 Å². The van der Waals surface area contributed by atoms with Crippen molar-refractivity contribution < 1.29 is 14.3 Å². The fraction of sp³-hybridized carbons (Fsp3) is 0.111. The van der Waals surface area contributed by atoms with Crippen molar-refractivity contribution in [1.29, 1.82) is 0 Å². The second-order valence-electron chi connectivity index (χ2n) is 5.50. The average Bonchev–Trinajstić information content (AvgIpc) is 2.62. The summed E-state index contributed by atoms with van der Waals surface area (Å²) < 4.78 is 5.24. The lowest BCUT2D eigenvalue weighted by molar-refractivity contribution is -0.114. The molecule has 0 bridgehead atoms. The van der Waals surface area contributed by atoms with E-state index in [2.05, 4.69) is 20.8 Å². The van der Waals surface area contributed by atoms with Crippen LogP contribution in [0.4, 0.5) is 11.4 Å². The summed E-state index contributed by atoms with van der Waals surface area (Å²) in [6, 6.07) is 11.5. The first-order valence-electron chi connectivity index (χ1n) is 7.74. The maximum Gasteiger partial charge on any atom is 0.276 e. The van der Waals surface area contributed by atoms with E-state index in [1.165, 1.54) is 14.0 Å². The van der Waals surface area contributed by atoms with Crippen LogP contribution in [0.2, 0.25) is 0 Å². The van der Waals surface area contributed by atoms with E-state index in [4.69, 9.17) is 4.74 Å². The van der Waals surface area contributed by atoms with Gasteiger partial charge in [-0.3, -0.25) is 14.4 Å². The van der Waals surface area contributed by atoms with Gasteiger partial charge < -0.3 is 15.4 Å². The first kappa shape index (κ1) is 17.2. The maximum atomic E-state index is 12.7. The molecule has 0 saturated heterocycles. The van der Waals surface area contributed by atoms with Gasteiger partial charge in [0, 0.05) is 18.0 Å². The van der Waals surface area contributed by atoms with Gasteiger partial charge in [0.15, 0.2) is 5.69 Å². The summed E-state index contributed by atoms with van der Waals surface area (Å²) in [7, 11) is 1.47. The number of aromatic amines is 1. The Kier molecular flexibility index (Phi) is 4.66. The molecule has 26 heavy (non-hydrogen) atoms. The third-order valence-corrected chi connectivity index (χ3v) is 3.68. The number of hydrogen-bond donors (Lipinski definition) is 3. The Bertz CT molecular complexity index is 1060. The molecule has 1 heterocycles. The highest BCUT2D eigenvalue weighted by molar-refractivity contribution is 6.11. The smallest absolute Gasteiger partial charge is 0.276 e. The maximum absolute atomic E-state index is 12.7. The van der Waals surface area contributed by atoms with Gasteiger partial charge in [-0.25, -0.2) is 5.10 Å². The summed E-state index contributed by atoms with van der Waals surface area (Å²) in [5, 5.41) is 12.3. The minimum atomic E-state index is -0.518. The Labute approximate surface area is 148 Å². The summed E-state index contributed by atoms with van der Waals surface area (Å²) in [5.74, 6) is -0.336. The van der Waals surface area contributed by atoms with E-state index in [9.17, 15) is 14.4 Å². The van der Waals surface area contributed by atoms with Gasteiger partial charge in [-0.2, -0.15) is 5.10 Å². The fourth-order valence-corrected chi connectivity index (χ4v) is 2.56. The molecule has 8 nitrogen and oxygen atoms in total. The van der Waals surface area contributed by atoms with Crippen molar-refractivity contribution in [2.45, 2.75) is 6.92 Å². The molecule has 0 unspecified atom stereocenters. The Balaban J connectivity index is 1.99. The normalized spacial score (nSPS) is 10.4. The van der Waals surface area contributed by atoms with Crippen molar-refractivity contribution in [2.75, 3.05) is 17.7 Å². The van der Waals surface area contributed by atoms with Crippen LogP contribution in [0.15, 0.2) is 47.3 Å². The van der Waals surface area contributed by atoms with Crippen LogP contribution in [0.25, 0.3) is 10.8 Å². The Morgan fingerprint density at radius 2 is 1.81 bits per heavy atom. The van der Waals surface area contributed by atoms with Crippen LogP contribution >= 0.6 is 0 Å². The zero-order valence-electron chi connectivity index (χ0n) is 14.1. The van der Waals surface area contributed by atoms with E-state index in [-0.39, 0.29) is 17.2 Å². The molecule has 8 heteroatoms. The summed E-state index contributed by atoms with van der Waals surface area (Å²) in [6.07, 6.45) is 0. The number of carbonyl (C=O) groups excluding carboxylic acids is 2. The zero-order valence-corrected chi connectivity index (χ0v) is 14.1. The first-order chi connectivity index (χ1) is 12.5. The van der Waals surface area contributed by atoms with Gasteiger partial charge in [-0.15, -0.1) is 0 Å². The summed E-state index contributed by atoms with van der Waals surface area (Å²) in [6.45, 7) is 1.39. The number of H-pyrrole nitrogens is 1. The molecule has 0 radical (unpaired) electrons. The standard InChI is InChI=1S/C18H16N4O4/c1-10(23)19-11-7-8-15(26-2)14(9-11)20-18(25)16-12-5-3-4-6-13(12)17(24)22-21-16/h3-9H,1-2H3,(H,19,23)(H,20,25)(H,22,24). The molecule has 1 aromatic heterocycles. The van der Waals surface area contributed by atoms with E-state index in [0.29, 0.717) is 27.9 Å². The zero-order chi connectivity index (χ0) is 18.7. The Morgan fingerprint density at radius 3 is 2.50 bits per heavy atom. The summed E-state index contributed by atoms with van der Waals surface area (Å²) in [4.78, 5) is 35.8. The predicted molar refractivity (Wildman–Crippen MR) is 97.6 cm³/mol. The number of aromatic nitrogens is 2. The SMILES string of the molecule is COc1ccc(NC(C)=O)cc1NC(=O)c1n[nH]c(=O)c2ccccc12. The topological polar surface area (TPSA) is 113 Å². The minimum absolute atomic E-state index is 0.0761. The molecule has 3 rings (SSSR count). The van der Waals surface area contributed by atoms with Gasteiger partial charge in [0.1, 0.15) is 5.75 Å². The molecule has 0 fully saturated rings. The number of hydrogen-bond acceptors (Lipinski definition) is 5. The number of anilines is 2. The quantitative estimate of drug-likeness (QED) is 0.666. The minimum Gasteiger partial charge on any atom is -0.495 e. The molecule has 3 N–H and O–H groups in total. The molecule has 132 valence electrons. The number of rotatable bonds is 4. The predicted octanol–water partition coefficient (Wildman–Crippen LogP) is 2.14. The third kappa shape index (κ3) is 3.39. The van der Waals surface area contributed by atoms with Crippen molar-refractivity contribution in [1.82, 2.24) is 10.2 Å². The molecule has 0 aliphatic heterocycles. The largest absolute Gasteiger partial charge is 0.495 e. The summed E-state index contributed by atoms with van der Waals surface area (Å²) >= 11 is 0. The number of ether oxygens (including phenoxy) is 1. The van der Waals surface area contributed by atoms with E-state index in [1.807, 2.05) is 0 Å². The van der Waals surface area contributed by atoms with E-state index in [0.717, 1.165) is 0 Å². The Morgan fingerprint density at radius 1 is 1.08 bits per heavy atom. The number of methoxy groups -OCH3 is 1. The van der Waals surface area contributed by atoms with Crippen LogP contribution in [0.3, 0.4) is 0 Å². The van der Waals surface area contributed by atoms with Crippen LogP contribution in [0.5, 0.6) is 5.75 Å².